The molecule has 3 aromatic rings. The number of amides is 1. The molecule has 0 saturated heterocycles. The molecule has 0 atom stereocenters. The van der Waals surface area contributed by atoms with Crippen molar-refractivity contribution < 1.29 is 4.79 Å². The third-order valence-corrected chi connectivity index (χ3v) is 5.73. The van der Waals surface area contributed by atoms with E-state index in [1.54, 1.807) is 0 Å². The zero-order valence-electron chi connectivity index (χ0n) is 17.0. The predicted octanol–water partition coefficient (Wildman–Crippen LogP) is 4.64. The van der Waals surface area contributed by atoms with Gasteiger partial charge in [-0.2, -0.15) is 0 Å². The van der Waals surface area contributed by atoms with Crippen LogP contribution in [-0.4, -0.2) is 26.4 Å². The standard InChI is InChI=1S/C23H28N4OS/c1-3-5-16-20-25-26-23(27(20)4-2)29-17-21(28)24-22(18-12-8-6-9-13-18)19-14-10-7-11-15-19/h6-15,22H,3-5,16-17H2,1-2H3,(H,24,28). The van der Waals surface area contributed by atoms with Crippen LogP contribution in [0.1, 0.15) is 49.7 Å². The smallest absolute Gasteiger partial charge is 0.231 e. The molecule has 0 spiro atoms. The minimum Gasteiger partial charge on any atom is -0.344 e. The van der Waals surface area contributed by atoms with Crippen molar-refractivity contribution in [1.29, 1.82) is 0 Å². The Balaban J connectivity index is 1.68. The molecule has 0 aliphatic rings. The minimum atomic E-state index is -0.172. The van der Waals surface area contributed by atoms with Gasteiger partial charge in [0.25, 0.3) is 0 Å². The first-order chi connectivity index (χ1) is 14.2. The van der Waals surface area contributed by atoms with E-state index in [0.717, 1.165) is 47.9 Å². The maximum Gasteiger partial charge on any atom is 0.231 e. The van der Waals surface area contributed by atoms with Crippen LogP contribution in [0.2, 0.25) is 0 Å². The first-order valence-electron chi connectivity index (χ1n) is 10.2. The molecule has 1 amide bonds. The summed E-state index contributed by atoms with van der Waals surface area (Å²) in [6.45, 7) is 5.07. The first-order valence-corrected chi connectivity index (χ1v) is 11.2. The maximum atomic E-state index is 12.8. The summed E-state index contributed by atoms with van der Waals surface area (Å²) in [7, 11) is 0. The van der Waals surface area contributed by atoms with Gasteiger partial charge < -0.3 is 9.88 Å². The van der Waals surface area contributed by atoms with Crippen molar-refractivity contribution in [3.8, 4) is 0 Å². The van der Waals surface area contributed by atoms with Crippen LogP contribution in [0.5, 0.6) is 0 Å². The Morgan fingerprint density at radius 2 is 1.62 bits per heavy atom. The van der Waals surface area contributed by atoms with Crippen LogP contribution in [0.3, 0.4) is 0 Å². The topological polar surface area (TPSA) is 59.8 Å². The normalized spacial score (nSPS) is 11.0. The number of carbonyl (C=O) groups excluding carboxylic acids is 1. The maximum absolute atomic E-state index is 12.8. The number of aryl methyl sites for hydroxylation is 1. The molecule has 6 heteroatoms. The Kier molecular flexibility index (Phi) is 7.87. The Hall–Kier alpha value is -2.60. The van der Waals surface area contributed by atoms with Gasteiger partial charge in [-0.3, -0.25) is 4.79 Å². The lowest BCUT2D eigenvalue weighted by molar-refractivity contribution is -0.119. The van der Waals surface area contributed by atoms with Crippen molar-refractivity contribution in [2.45, 2.75) is 50.9 Å². The number of benzene rings is 2. The molecule has 2 aromatic carbocycles. The molecular weight excluding hydrogens is 380 g/mol. The van der Waals surface area contributed by atoms with Crippen LogP contribution in [0.25, 0.3) is 0 Å². The number of nitrogens with one attached hydrogen (secondary N) is 1. The average Bonchev–Trinajstić information content (AvgIpc) is 3.17. The van der Waals surface area contributed by atoms with Crippen molar-refractivity contribution in [3.05, 3.63) is 77.6 Å². The molecule has 3 rings (SSSR count). The number of thioether (sulfide) groups is 1. The fourth-order valence-corrected chi connectivity index (χ4v) is 4.08. The summed E-state index contributed by atoms with van der Waals surface area (Å²) in [6, 6.07) is 19.9. The summed E-state index contributed by atoms with van der Waals surface area (Å²) in [6.07, 6.45) is 3.15. The average molecular weight is 409 g/mol. The summed E-state index contributed by atoms with van der Waals surface area (Å²) in [4.78, 5) is 12.8. The summed E-state index contributed by atoms with van der Waals surface area (Å²) in [5, 5.41) is 12.6. The Bertz CT molecular complexity index is 856. The fourth-order valence-electron chi connectivity index (χ4n) is 3.25. The molecule has 0 unspecified atom stereocenters. The molecular formula is C23H28N4OS. The van der Waals surface area contributed by atoms with E-state index in [0.29, 0.717) is 5.75 Å². The number of rotatable bonds is 10. The van der Waals surface area contributed by atoms with Crippen LogP contribution in [0.15, 0.2) is 65.8 Å². The number of aromatic nitrogens is 3. The third-order valence-electron chi connectivity index (χ3n) is 4.77. The van der Waals surface area contributed by atoms with Crippen LogP contribution in [0, 0.1) is 0 Å². The number of nitrogens with zero attached hydrogens (tertiary/aromatic N) is 3. The van der Waals surface area contributed by atoms with E-state index in [4.69, 9.17) is 0 Å². The number of hydrogen-bond donors (Lipinski definition) is 1. The largest absolute Gasteiger partial charge is 0.344 e. The quantitative estimate of drug-likeness (QED) is 0.497. The molecule has 1 aromatic heterocycles. The Morgan fingerprint density at radius 1 is 1.00 bits per heavy atom. The number of carbonyl (C=O) groups is 1. The molecule has 0 radical (unpaired) electrons. The van der Waals surface area contributed by atoms with Crippen molar-refractivity contribution in [1.82, 2.24) is 20.1 Å². The second-order valence-corrected chi connectivity index (χ2v) is 7.80. The first kappa shape index (κ1) is 21.1. The van der Waals surface area contributed by atoms with Gasteiger partial charge in [0.1, 0.15) is 5.82 Å². The van der Waals surface area contributed by atoms with E-state index in [1.165, 1.54) is 11.8 Å². The fraction of sp³-hybridized carbons (Fsp3) is 0.348. The second-order valence-electron chi connectivity index (χ2n) is 6.86. The lowest BCUT2D eigenvalue weighted by atomic mass is 9.99. The van der Waals surface area contributed by atoms with Gasteiger partial charge in [-0.15, -0.1) is 10.2 Å². The Morgan fingerprint density at radius 3 is 2.17 bits per heavy atom. The molecule has 152 valence electrons. The van der Waals surface area contributed by atoms with Gasteiger partial charge in [-0.1, -0.05) is 85.8 Å². The summed E-state index contributed by atoms with van der Waals surface area (Å²) < 4.78 is 2.11. The number of hydrogen-bond acceptors (Lipinski definition) is 4. The van der Waals surface area contributed by atoms with E-state index >= 15 is 0 Å². The third kappa shape index (κ3) is 5.70. The van der Waals surface area contributed by atoms with Gasteiger partial charge in [0.05, 0.1) is 11.8 Å². The van der Waals surface area contributed by atoms with Gasteiger partial charge in [0.2, 0.25) is 5.91 Å². The van der Waals surface area contributed by atoms with E-state index < -0.39 is 0 Å². The second kappa shape index (κ2) is 10.8. The van der Waals surface area contributed by atoms with Gasteiger partial charge in [-0.25, -0.2) is 0 Å². The van der Waals surface area contributed by atoms with Crippen LogP contribution < -0.4 is 5.32 Å². The molecule has 0 bridgehead atoms. The zero-order chi connectivity index (χ0) is 20.5. The molecule has 1 N–H and O–H groups in total. The van der Waals surface area contributed by atoms with Crippen LogP contribution in [0.4, 0.5) is 0 Å². The summed E-state index contributed by atoms with van der Waals surface area (Å²) >= 11 is 1.44. The highest BCUT2D eigenvalue weighted by atomic mass is 32.2. The predicted molar refractivity (Wildman–Crippen MR) is 118 cm³/mol. The van der Waals surface area contributed by atoms with E-state index in [1.807, 2.05) is 60.7 Å². The monoisotopic (exact) mass is 408 g/mol. The molecule has 0 aliphatic heterocycles. The lowest BCUT2D eigenvalue weighted by Gasteiger charge is -2.20. The zero-order valence-corrected chi connectivity index (χ0v) is 17.9. The van der Waals surface area contributed by atoms with Gasteiger partial charge >= 0.3 is 0 Å². The summed E-state index contributed by atoms with van der Waals surface area (Å²) in [5.74, 6) is 1.29. The van der Waals surface area contributed by atoms with Crippen molar-refractivity contribution in [3.63, 3.8) is 0 Å². The van der Waals surface area contributed by atoms with E-state index in [2.05, 4.69) is 33.9 Å². The molecule has 1 heterocycles. The highest BCUT2D eigenvalue weighted by molar-refractivity contribution is 7.99. The molecule has 0 aliphatic carbocycles. The van der Waals surface area contributed by atoms with Gasteiger partial charge in [0.15, 0.2) is 5.16 Å². The molecule has 0 fully saturated rings. The SMILES string of the molecule is CCCCc1nnc(SCC(=O)NC(c2ccccc2)c2ccccc2)n1CC. The molecule has 29 heavy (non-hydrogen) atoms. The van der Waals surface area contributed by atoms with E-state index in [-0.39, 0.29) is 11.9 Å². The minimum absolute atomic E-state index is 0.0199. The highest BCUT2D eigenvalue weighted by Crippen LogP contribution is 2.23. The summed E-state index contributed by atoms with van der Waals surface area (Å²) in [5.41, 5.74) is 2.13. The van der Waals surface area contributed by atoms with Gasteiger partial charge in [-0.05, 0) is 24.5 Å². The Labute approximate surface area is 176 Å². The molecule has 5 nitrogen and oxygen atoms in total. The van der Waals surface area contributed by atoms with Crippen LogP contribution in [-0.2, 0) is 17.8 Å². The van der Waals surface area contributed by atoms with Gasteiger partial charge in [0, 0.05) is 13.0 Å². The van der Waals surface area contributed by atoms with Crippen molar-refractivity contribution in [2.24, 2.45) is 0 Å². The van der Waals surface area contributed by atoms with Crippen LogP contribution >= 0.6 is 11.8 Å². The highest BCUT2D eigenvalue weighted by Gasteiger charge is 2.18. The lowest BCUT2D eigenvalue weighted by Crippen LogP contribution is -2.30. The number of unbranched alkanes of at least 4 members (excludes halogenated alkanes) is 1. The van der Waals surface area contributed by atoms with Crippen molar-refractivity contribution in [2.75, 3.05) is 5.75 Å². The van der Waals surface area contributed by atoms with E-state index in [9.17, 15) is 4.79 Å². The molecule has 0 saturated carbocycles. The van der Waals surface area contributed by atoms with Crippen molar-refractivity contribution >= 4 is 17.7 Å².